The van der Waals surface area contributed by atoms with E-state index < -0.39 is 251 Å². The van der Waals surface area contributed by atoms with E-state index in [9.17, 15) is 33.9 Å². The third-order valence-corrected chi connectivity index (χ3v) is 23.8. The molecule has 1 N–H and O–H groups in total. The van der Waals surface area contributed by atoms with Crippen LogP contribution in [0.3, 0.4) is 0 Å². The smallest absolute Gasteiger partial charge is 0.338 e. The van der Waals surface area contributed by atoms with Crippen LogP contribution in [0.25, 0.3) is 0 Å². The van der Waals surface area contributed by atoms with E-state index in [4.69, 9.17) is 118 Å². The standard InChI is InChI=1S/C103H100O36/c1-57(104)120-75-71(55-118-98-84(130-94(113)65-46-28-13-29-47-65)80(128-92(111)63-42-24-11-25-43-63)76(126-90(109)61-38-20-9-21-39-61)68(123-98)52-115-88(107)59-34-16-7-17-35-59)125-99(134-79-73(106)97(122-70-54-117-96(132-74(70)79)67-50-32-15-33-51-67)135-83-78(72-56-119-102(3,4)137-72)133-101-87(83)138-103(5,6)139-101)85(121-58(2)105)82(75)136-100-86(131-95(114)66-48-30-14-31-49-66)81(129-93(112)64-44-26-12-27-45-64)77(127-91(110)62-40-22-10-23-41-62)69(124-100)53-116-89(108)60-36-18-8-19-37-60/h7-51,68-87,96-101,106H,52-56H2,1-6H3/t68-,69-,70-,71-,72-,73-,74-,75-,76-,77-,78-,79-,80+,81+,82+,83+,84-,85-,86-,87-,96-,97+,98-,99+,100+,101-/m1/s1. The van der Waals surface area contributed by atoms with Crippen LogP contribution in [0.4, 0.5) is 0 Å². The number of ether oxygens (including phenoxy) is 25. The Bertz CT molecular complexity index is 5700. The first-order chi connectivity index (χ1) is 67.2. The first-order valence-electron chi connectivity index (χ1n) is 45.1. The Morgan fingerprint density at radius 1 is 0.295 bits per heavy atom. The highest BCUT2D eigenvalue weighted by molar-refractivity contribution is 5.94. The Morgan fingerprint density at radius 2 is 0.626 bits per heavy atom. The zero-order valence-electron chi connectivity index (χ0n) is 75.8. The minimum Gasteiger partial charge on any atom is -0.459 e. The van der Waals surface area contributed by atoms with Crippen molar-refractivity contribution < 1.29 is 171 Å². The molecule has 36 heteroatoms. The van der Waals surface area contributed by atoms with Gasteiger partial charge in [-0.15, -0.1) is 0 Å². The fourth-order valence-electron chi connectivity index (χ4n) is 17.3. The molecule has 0 radical (unpaired) electrons. The van der Waals surface area contributed by atoms with Crippen LogP contribution in [-0.4, -0.2) is 263 Å². The van der Waals surface area contributed by atoms with Gasteiger partial charge in [0.15, 0.2) is 98.1 Å². The van der Waals surface area contributed by atoms with E-state index in [0.29, 0.717) is 5.56 Å². The summed E-state index contributed by atoms with van der Waals surface area (Å²) >= 11 is 0. The quantitative estimate of drug-likeness (QED) is 0.0311. The van der Waals surface area contributed by atoms with E-state index in [1.165, 1.54) is 158 Å². The SMILES string of the molecule is CC(=O)O[C@H]1[C@H](O[C@@H]2[C@@H](O)[C@H](O[C@@H]3[C@H]4OC(C)(C)O[C@H]4O[C@@H]3[C@H]3COC(C)(C)O3)O[C@@H]3CO[C@@H](c4ccccc4)O[C@@H]23)O[C@H](CO[C@@H]2O[C@H](COC(=O)c3ccccc3)[C@@H](OC(=O)c3ccccc3)[C@H](OC(=O)c3ccccc3)[C@H]2OC(=O)c2ccccc2)[C@@H](OC(C)=O)[C@@H]1O[C@@H]1O[C@H](COC(=O)c2ccccc2)[C@@H](OC(=O)c2ccccc2)[C@H](OC(=O)c2ccccc2)[C@H]1OC(=O)c1ccccc1. The van der Waals surface area contributed by atoms with Crippen molar-refractivity contribution in [3.63, 3.8) is 0 Å². The van der Waals surface area contributed by atoms with Crippen molar-refractivity contribution in [2.24, 2.45) is 0 Å². The summed E-state index contributed by atoms with van der Waals surface area (Å²) in [5.41, 5.74) is -0.00169. The number of benzene rings is 9. The van der Waals surface area contributed by atoms with Crippen molar-refractivity contribution in [1.82, 2.24) is 0 Å². The van der Waals surface area contributed by atoms with Gasteiger partial charge >= 0.3 is 59.7 Å². The number of esters is 10. The highest BCUT2D eigenvalue weighted by atomic mass is 16.9. The van der Waals surface area contributed by atoms with Gasteiger partial charge in [-0.3, -0.25) is 9.59 Å². The number of carbonyl (C=O) groups excluding carboxylic acids is 10. The second kappa shape index (κ2) is 44.0. The van der Waals surface area contributed by atoms with Crippen molar-refractivity contribution in [3.05, 3.63) is 323 Å². The molecule has 139 heavy (non-hydrogen) atoms. The Hall–Kier alpha value is -13.0. The van der Waals surface area contributed by atoms with Crippen LogP contribution in [0, 0.1) is 0 Å². The minimum absolute atomic E-state index is 0.0111. The molecule has 0 saturated carbocycles. The Balaban J connectivity index is 0.829. The van der Waals surface area contributed by atoms with Gasteiger partial charge in [0.25, 0.3) is 0 Å². The van der Waals surface area contributed by atoms with Gasteiger partial charge in [-0.2, -0.15) is 0 Å². The van der Waals surface area contributed by atoms with Crippen LogP contribution in [0.15, 0.2) is 273 Å². The van der Waals surface area contributed by atoms with Crippen LogP contribution >= 0.6 is 0 Å². The molecule has 17 rings (SSSR count). The Kier molecular flexibility index (Phi) is 30.9. The molecule has 0 aromatic heterocycles. The number of aliphatic hydroxyl groups excluding tert-OH is 1. The highest BCUT2D eigenvalue weighted by Gasteiger charge is 2.65. The summed E-state index contributed by atoms with van der Waals surface area (Å²) in [5.74, 6) is -13.3. The zero-order chi connectivity index (χ0) is 97.0. The maximum absolute atomic E-state index is 15.4. The fourth-order valence-corrected chi connectivity index (χ4v) is 17.3. The second-order valence-electron chi connectivity index (χ2n) is 34.4. The van der Waals surface area contributed by atoms with E-state index in [-0.39, 0.29) is 57.7 Å². The molecule has 728 valence electrons. The first-order valence-corrected chi connectivity index (χ1v) is 45.1. The van der Waals surface area contributed by atoms with Gasteiger partial charge < -0.3 is 124 Å². The largest absolute Gasteiger partial charge is 0.459 e. The molecule has 0 bridgehead atoms. The molecule has 0 spiro atoms. The van der Waals surface area contributed by atoms with E-state index in [0.717, 1.165) is 13.8 Å². The summed E-state index contributed by atoms with van der Waals surface area (Å²) in [5, 5.41) is 13.7. The van der Waals surface area contributed by atoms with Gasteiger partial charge in [-0.25, -0.2) is 38.4 Å². The van der Waals surface area contributed by atoms with Crippen LogP contribution in [0.1, 0.15) is 136 Å². The van der Waals surface area contributed by atoms with Crippen molar-refractivity contribution in [2.45, 2.75) is 213 Å². The molecule has 8 heterocycles. The van der Waals surface area contributed by atoms with Crippen molar-refractivity contribution >= 4 is 59.7 Å². The lowest BCUT2D eigenvalue weighted by Crippen LogP contribution is -2.69. The predicted octanol–water partition coefficient (Wildman–Crippen LogP) is 10.5. The molecule has 36 nitrogen and oxygen atoms in total. The fraction of sp³-hybridized carbons (Fsp3) is 0.379. The molecule has 0 amide bonds. The van der Waals surface area contributed by atoms with Gasteiger partial charge in [0, 0.05) is 19.4 Å². The number of carbonyl (C=O) groups is 10. The average molecular weight is 1910 g/mol. The minimum atomic E-state index is -2.40. The molecule has 8 aliphatic rings. The van der Waals surface area contributed by atoms with Gasteiger partial charge in [0.05, 0.1) is 64.3 Å². The molecular weight excluding hydrogens is 1810 g/mol. The number of aliphatic hydroxyl groups is 1. The van der Waals surface area contributed by atoms with Crippen LogP contribution < -0.4 is 0 Å². The molecule has 0 aliphatic carbocycles. The molecule has 8 saturated heterocycles. The number of fused-ring (bicyclic) bond motifs is 2. The van der Waals surface area contributed by atoms with E-state index in [1.54, 1.807) is 143 Å². The molecule has 9 aromatic carbocycles. The van der Waals surface area contributed by atoms with Gasteiger partial charge in [0.2, 0.25) is 0 Å². The molecule has 8 aliphatic heterocycles. The summed E-state index contributed by atoms with van der Waals surface area (Å²) in [6, 6.07) is 68.9. The first kappa shape index (κ1) is 97.7. The summed E-state index contributed by atoms with van der Waals surface area (Å²) in [6.45, 7) is 5.45. The van der Waals surface area contributed by atoms with Gasteiger partial charge in [0.1, 0.15) is 86.5 Å². The summed E-state index contributed by atoms with van der Waals surface area (Å²) < 4.78 is 166. The molecule has 8 fully saturated rings. The van der Waals surface area contributed by atoms with Crippen molar-refractivity contribution in [1.29, 1.82) is 0 Å². The number of hydrogen-bond donors (Lipinski definition) is 1. The number of rotatable bonds is 31. The lowest BCUT2D eigenvalue weighted by atomic mass is 9.94. The maximum Gasteiger partial charge on any atom is 0.338 e. The topological polar surface area (TPSA) is 422 Å². The second-order valence-corrected chi connectivity index (χ2v) is 34.4. The van der Waals surface area contributed by atoms with Gasteiger partial charge in [-0.05, 0) is 125 Å². The van der Waals surface area contributed by atoms with Crippen LogP contribution in [0.5, 0.6) is 0 Å². The molecule has 26 atom stereocenters. The molecule has 9 aromatic rings. The van der Waals surface area contributed by atoms with Gasteiger partial charge in [-0.1, -0.05) is 176 Å². The maximum atomic E-state index is 15.4. The Morgan fingerprint density at radius 3 is 1.03 bits per heavy atom. The van der Waals surface area contributed by atoms with E-state index in [2.05, 4.69) is 0 Å². The van der Waals surface area contributed by atoms with Crippen LogP contribution in [-0.2, 0) is 128 Å². The monoisotopic (exact) mass is 1910 g/mol. The average Bonchev–Trinajstić information content (AvgIpc) is 1.73. The van der Waals surface area contributed by atoms with E-state index in [1.807, 2.05) is 0 Å². The normalized spacial score (nSPS) is 30.4. The van der Waals surface area contributed by atoms with E-state index >= 15 is 19.2 Å². The lowest BCUT2D eigenvalue weighted by Gasteiger charge is -2.52. The summed E-state index contributed by atoms with van der Waals surface area (Å²) in [4.78, 5) is 149. The number of hydrogen-bond acceptors (Lipinski definition) is 36. The predicted molar refractivity (Wildman–Crippen MR) is 473 cm³/mol. The summed E-state index contributed by atoms with van der Waals surface area (Å²) in [7, 11) is 0. The van der Waals surface area contributed by atoms with Crippen molar-refractivity contribution in [2.75, 3.05) is 33.0 Å². The molecular formula is C103H100O36. The Labute approximate surface area is 796 Å². The highest BCUT2D eigenvalue weighted by Crippen LogP contribution is 2.47. The third kappa shape index (κ3) is 23.5. The summed E-state index contributed by atoms with van der Waals surface area (Å²) in [6.07, 6.45) is -47.4. The van der Waals surface area contributed by atoms with Crippen molar-refractivity contribution in [3.8, 4) is 0 Å². The van der Waals surface area contributed by atoms with Crippen LogP contribution in [0.2, 0.25) is 0 Å². The molecule has 0 unspecified atom stereocenters. The lowest BCUT2D eigenvalue weighted by molar-refractivity contribution is -0.406. The zero-order valence-corrected chi connectivity index (χ0v) is 75.8. The third-order valence-electron chi connectivity index (χ3n) is 23.8.